The molecule has 0 spiro atoms. The molecule has 138 valence electrons. The van der Waals surface area contributed by atoms with E-state index < -0.39 is 0 Å². The van der Waals surface area contributed by atoms with Gasteiger partial charge in [-0.25, -0.2) is 0 Å². The van der Waals surface area contributed by atoms with Crippen LogP contribution >= 0.6 is 0 Å². The number of pyridine rings is 1. The van der Waals surface area contributed by atoms with Gasteiger partial charge in [-0.05, 0) is 35.9 Å². The molecule has 4 heteroatoms. The van der Waals surface area contributed by atoms with E-state index in [2.05, 4.69) is 0 Å². The van der Waals surface area contributed by atoms with Crippen LogP contribution in [0.4, 0.5) is 0 Å². The van der Waals surface area contributed by atoms with Crippen LogP contribution in [0.2, 0.25) is 0 Å². The van der Waals surface area contributed by atoms with Gasteiger partial charge in [0.05, 0.1) is 11.0 Å². The second-order valence-electron chi connectivity index (χ2n) is 6.45. The number of fused-ring (bicyclic) bond motifs is 2. The van der Waals surface area contributed by atoms with Crippen molar-refractivity contribution < 1.29 is 9.53 Å². The van der Waals surface area contributed by atoms with Gasteiger partial charge in [-0.1, -0.05) is 60.7 Å². The summed E-state index contributed by atoms with van der Waals surface area (Å²) in [4.78, 5) is 25.2. The van der Waals surface area contributed by atoms with Gasteiger partial charge in [-0.3, -0.25) is 9.59 Å². The van der Waals surface area contributed by atoms with E-state index in [4.69, 9.17) is 4.74 Å². The fourth-order valence-corrected chi connectivity index (χ4v) is 3.31. The van der Waals surface area contributed by atoms with Crippen molar-refractivity contribution in [3.05, 3.63) is 101 Å². The van der Waals surface area contributed by atoms with Gasteiger partial charge in [0.15, 0.2) is 5.43 Å². The van der Waals surface area contributed by atoms with Crippen molar-refractivity contribution in [3.8, 4) is 0 Å². The van der Waals surface area contributed by atoms with Crippen molar-refractivity contribution in [3.63, 3.8) is 0 Å². The first kappa shape index (κ1) is 17.7. The van der Waals surface area contributed by atoms with Crippen LogP contribution in [0, 0.1) is 0 Å². The molecule has 0 aliphatic heterocycles. The van der Waals surface area contributed by atoms with Crippen LogP contribution < -0.4 is 5.43 Å². The Morgan fingerprint density at radius 3 is 2.04 bits per heavy atom. The van der Waals surface area contributed by atoms with Gasteiger partial charge >= 0.3 is 5.97 Å². The van der Waals surface area contributed by atoms with Crippen LogP contribution in [0.15, 0.2) is 89.7 Å². The lowest BCUT2D eigenvalue weighted by molar-refractivity contribution is -0.142. The van der Waals surface area contributed by atoms with Crippen molar-refractivity contribution in [1.29, 1.82) is 0 Å². The summed E-state index contributed by atoms with van der Waals surface area (Å²) in [5.74, 6) is -0.350. The summed E-state index contributed by atoms with van der Waals surface area (Å²) in [6.45, 7) is 0.240. The Hall–Kier alpha value is -3.66. The third-order valence-corrected chi connectivity index (χ3v) is 4.62. The second kappa shape index (κ2) is 7.92. The van der Waals surface area contributed by atoms with Gasteiger partial charge < -0.3 is 9.30 Å². The van der Waals surface area contributed by atoms with Crippen LogP contribution in [0.25, 0.3) is 27.9 Å². The zero-order chi connectivity index (χ0) is 19.3. The van der Waals surface area contributed by atoms with Gasteiger partial charge in [-0.2, -0.15) is 0 Å². The van der Waals surface area contributed by atoms with E-state index >= 15 is 0 Å². The van der Waals surface area contributed by atoms with Crippen molar-refractivity contribution >= 4 is 33.9 Å². The highest BCUT2D eigenvalue weighted by molar-refractivity contribution is 5.94. The molecular weight excluding hydrogens is 350 g/mol. The number of esters is 1. The number of hydrogen-bond donors (Lipinski definition) is 0. The molecule has 0 bridgehead atoms. The first-order valence-electron chi connectivity index (χ1n) is 9.11. The van der Waals surface area contributed by atoms with E-state index in [9.17, 15) is 9.59 Å². The van der Waals surface area contributed by atoms with Crippen LogP contribution in [-0.2, 0) is 16.1 Å². The summed E-state index contributed by atoms with van der Waals surface area (Å²) in [5.41, 5.74) is 2.48. The Morgan fingerprint density at radius 1 is 0.821 bits per heavy atom. The zero-order valence-corrected chi connectivity index (χ0v) is 15.2. The van der Waals surface area contributed by atoms with Crippen LogP contribution in [0.5, 0.6) is 0 Å². The summed E-state index contributed by atoms with van der Waals surface area (Å²) < 4.78 is 7.21. The molecule has 28 heavy (non-hydrogen) atoms. The Bertz CT molecular complexity index is 1160. The molecular formula is C24H19NO3. The SMILES string of the molecule is O=C(Cn1c2ccccc2c(=O)c2ccccc21)OC/C=C/c1ccccc1. The Labute approximate surface area is 162 Å². The predicted molar refractivity (Wildman–Crippen MR) is 112 cm³/mol. The normalized spacial score (nSPS) is 11.3. The van der Waals surface area contributed by atoms with E-state index in [0.717, 1.165) is 16.6 Å². The molecule has 4 rings (SSSR count). The summed E-state index contributed by atoms with van der Waals surface area (Å²) in [6, 6.07) is 24.5. The van der Waals surface area contributed by atoms with Gasteiger partial charge in [-0.15, -0.1) is 0 Å². The van der Waals surface area contributed by atoms with Crippen molar-refractivity contribution in [2.45, 2.75) is 6.54 Å². The summed E-state index contributed by atoms with van der Waals surface area (Å²) >= 11 is 0. The molecule has 0 fully saturated rings. The third-order valence-electron chi connectivity index (χ3n) is 4.62. The molecule has 0 aliphatic rings. The minimum atomic E-state index is -0.350. The molecule has 4 nitrogen and oxygen atoms in total. The van der Waals surface area contributed by atoms with Crippen LogP contribution in [0.3, 0.4) is 0 Å². The largest absolute Gasteiger partial charge is 0.460 e. The fraction of sp³-hybridized carbons (Fsp3) is 0.0833. The fourth-order valence-electron chi connectivity index (χ4n) is 3.31. The predicted octanol–water partition coefficient (Wildman–Crippen LogP) is 4.41. The van der Waals surface area contributed by atoms with Crippen molar-refractivity contribution in [2.24, 2.45) is 0 Å². The Balaban J connectivity index is 1.58. The average molecular weight is 369 g/mol. The van der Waals surface area contributed by atoms with Gasteiger partial charge in [0, 0.05) is 10.8 Å². The average Bonchev–Trinajstić information content (AvgIpc) is 2.75. The number of carbonyl (C=O) groups excluding carboxylic acids is 1. The highest BCUT2D eigenvalue weighted by Gasteiger charge is 2.13. The summed E-state index contributed by atoms with van der Waals surface area (Å²) in [7, 11) is 0. The van der Waals surface area contributed by atoms with E-state index in [-0.39, 0.29) is 24.5 Å². The molecule has 0 unspecified atom stereocenters. The third kappa shape index (κ3) is 3.58. The molecule has 4 aromatic rings. The van der Waals surface area contributed by atoms with E-state index in [1.165, 1.54) is 0 Å². The molecule has 0 atom stereocenters. The highest BCUT2D eigenvalue weighted by Crippen LogP contribution is 2.19. The van der Waals surface area contributed by atoms with E-state index in [0.29, 0.717) is 10.8 Å². The maximum absolute atomic E-state index is 12.7. The van der Waals surface area contributed by atoms with E-state index in [1.54, 1.807) is 12.1 Å². The maximum Gasteiger partial charge on any atom is 0.326 e. The number of benzene rings is 3. The van der Waals surface area contributed by atoms with Gasteiger partial charge in [0.25, 0.3) is 0 Å². The Kier molecular flexibility index (Phi) is 5.02. The number of ether oxygens (including phenoxy) is 1. The lowest BCUT2D eigenvalue weighted by atomic mass is 10.1. The van der Waals surface area contributed by atoms with Crippen LogP contribution in [-0.4, -0.2) is 17.1 Å². The molecule has 0 saturated heterocycles. The number of aromatic nitrogens is 1. The van der Waals surface area contributed by atoms with Crippen molar-refractivity contribution in [1.82, 2.24) is 4.57 Å². The first-order chi connectivity index (χ1) is 13.7. The number of hydrogen-bond acceptors (Lipinski definition) is 3. The molecule has 0 aliphatic carbocycles. The number of rotatable bonds is 5. The number of nitrogens with zero attached hydrogens (tertiary/aromatic N) is 1. The van der Waals surface area contributed by atoms with E-state index in [1.807, 2.05) is 83.4 Å². The second-order valence-corrected chi connectivity index (χ2v) is 6.45. The van der Waals surface area contributed by atoms with Gasteiger partial charge in [0.1, 0.15) is 13.2 Å². The lowest BCUT2D eigenvalue weighted by Gasteiger charge is -2.14. The molecule has 0 radical (unpaired) electrons. The van der Waals surface area contributed by atoms with Gasteiger partial charge in [0.2, 0.25) is 0 Å². The minimum Gasteiger partial charge on any atom is -0.460 e. The monoisotopic (exact) mass is 369 g/mol. The molecule has 1 aromatic heterocycles. The van der Waals surface area contributed by atoms with Crippen LogP contribution in [0.1, 0.15) is 5.56 Å². The highest BCUT2D eigenvalue weighted by atomic mass is 16.5. The summed E-state index contributed by atoms with van der Waals surface area (Å²) in [6.07, 6.45) is 3.73. The lowest BCUT2D eigenvalue weighted by Crippen LogP contribution is -2.18. The Morgan fingerprint density at radius 2 is 1.39 bits per heavy atom. The van der Waals surface area contributed by atoms with Crippen molar-refractivity contribution in [2.75, 3.05) is 6.61 Å². The number of para-hydroxylation sites is 2. The minimum absolute atomic E-state index is 0.0263. The molecule has 1 heterocycles. The first-order valence-corrected chi connectivity index (χ1v) is 9.11. The topological polar surface area (TPSA) is 48.3 Å². The molecule has 0 saturated carbocycles. The molecule has 0 amide bonds. The smallest absolute Gasteiger partial charge is 0.326 e. The zero-order valence-electron chi connectivity index (χ0n) is 15.2. The maximum atomic E-state index is 12.7. The molecule has 0 N–H and O–H groups in total. The molecule has 3 aromatic carbocycles. The standard InChI is InChI=1S/C24H19NO3/c26-23(28-16-8-11-18-9-2-1-3-10-18)17-25-21-14-6-4-12-19(21)24(27)20-13-5-7-15-22(20)25/h1-15H,16-17H2/b11-8+. The number of carbonyl (C=O) groups is 1. The quantitative estimate of drug-likeness (QED) is 0.387. The summed E-state index contributed by atoms with van der Waals surface area (Å²) in [5, 5.41) is 1.19.